The van der Waals surface area contributed by atoms with Crippen LogP contribution in [-0.2, 0) is 4.79 Å². The van der Waals surface area contributed by atoms with E-state index < -0.39 is 30.6 Å². The third kappa shape index (κ3) is 5.76. The van der Waals surface area contributed by atoms with E-state index in [1.165, 1.54) is 29.2 Å². The van der Waals surface area contributed by atoms with Crippen molar-refractivity contribution in [1.82, 2.24) is 10.2 Å². The summed E-state index contributed by atoms with van der Waals surface area (Å²) in [5, 5.41) is 12.5. The SMILES string of the molecule is O=C(NCC(O)c1ccc(F)cc1)C1CCCN(CC(F)(F)F)C1. The number of hydrogen-bond donors (Lipinski definition) is 2. The van der Waals surface area contributed by atoms with Gasteiger partial charge in [0.05, 0.1) is 18.6 Å². The molecule has 1 aliphatic rings. The second-order valence-electron chi connectivity index (χ2n) is 6.00. The van der Waals surface area contributed by atoms with Crippen molar-refractivity contribution >= 4 is 5.91 Å². The number of amides is 1. The van der Waals surface area contributed by atoms with Gasteiger partial charge in [-0.25, -0.2) is 4.39 Å². The Morgan fingerprint density at radius 1 is 1.33 bits per heavy atom. The van der Waals surface area contributed by atoms with Crippen LogP contribution in [0.2, 0.25) is 0 Å². The summed E-state index contributed by atoms with van der Waals surface area (Å²) in [7, 11) is 0. The Kier molecular flexibility index (Phi) is 6.17. The zero-order valence-corrected chi connectivity index (χ0v) is 13.0. The highest BCUT2D eigenvalue weighted by Crippen LogP contribution is 2.22. The van der Waals surface area contributed by atoms with E-state index in [4.69, 9.17) is 0 Å². The summed E-state index contributed by atoms with van der Waals surface area (Å²) in [6.07, 6.45) is -4.23. The van der Waals surface area contributed by atoms with E-state index >= 15 is 0 Å². The Morgan fingerprint density at radius 2 is 2.00 bits per heavy atom. The van der Waals surface area contributed by atoms with E-state index in [0.29, 0.717) is 24.9 Å². The molecule has 1 amide bonds. The van der Waals surface area contributed by atoms with Crippen LogP contribution in [0.15, 0.2) is 24.3 Å². The number of alkyl halides is 3. The number of aliphatic hydroxyl groups is 1. The first-order chi connectivity index (χ1) is 11.2. The second-order valence-corrected chi connectivity index (χ2v) is 6.00. The predicted octanol–water partition coefficient (Wildman–Crippen LogP) is 2.25. The lowest BCUT2D eigenvalue weighted by Gasteiger charge is -2.32. The van der Waals surface area contributed by atoms with Gasteiger partial charge in [0, 0.05) is 13.1 Å². The fraction of sp³-hybridized carbons (Fsp3) is 0.562. The minimum absolute atomic E-state index is 0.0536. The second kappa shape index (κ2) is 7.94. The number of carbonyl (C=O) groups is 1. The molecule has 2 rings (SSSR count). The molecule has 8 heteroatoms. The molecule has 1 fully saturated rings. The maximum Gasteiger partial charge on any atom is 0.401 e. The highest BCUT2D eigenvalue weighted by Gasteiger charge is 2.34. The van der Waals surface area contributed by atoms with Gasteiger partial charge >= 0.3 is 6.18 Å². The zero-order valence-electron chi connectivity index (χ0n) is 13.0. The van der Waals surface area contributed by atoms with E-state index in [2.05, 4.69) is 5.32 Å². The Morgan fingerprint density at radius 3 is 2.62 bits per heavy atom. The molecule has 1 aliphatic heterocycles. The lowest BCUT2D eigenvalue weighted by atomic mass is 9.97. The molecule has 2 N–H and O–H groups in total. The molecule has 2 atom stereocenters. The van der Waals surface area contributed by atoms with Gasteiger partial charge < -0.3 is 10.4 Å². The molecule has 1 aromatic rings. The van der Waals surface area contributed by atoms with Gasteiger partial charge in [0.25, 0.3) is 0 Å². The maximum absolute atomic E-state index is 12.8. The summed E-state index contributed by atoms with van der Waals surface area (Å²) in [5.41, 5.74) is 0.457. The smallest absolute Gasteiger partial charge is 0.387 e. The number of rotatable bonds is 5. The number of benzene rings is 1. The van der Waals surface area contributed by atoms with Gasteiger partial charge in [-0.3, -0.25) is 9.69 Å². The maximum atomic E-state index is 12.8. The molecule has 134 valence electrons. The van der Waals surface area contributed by atoms with Crippen molar-refractivity contribution in [2.45, 2.75) is 25.1 Å². The van der Waals surface area contributed by atoms with Crippen molar-refractivity contribution in [3.63, 3.8) is 0 Å². The van der Waals surface area contributed by atoms with Gasteiger partial charge in [-0.05, 0) is 37.1 Å². The van der Waals surface area contributed by atoms with Gasteiger partial charge in [0.15, 0.2) is 0 Å². The molecule has 4 nitrogen and oxygen atoms in total. The number of halogens is 4. The number of piperidine rings is 1. The molecule has 1 heterocycles. The van der Waals surface area contributed by atoms with Crippen LogP contribution in [0.1, 0.15) is 24.5 Å². The lowest BCUT2D eigenvalue weighted by Crippen LogP contribution is -2.46. The average Bonchev–Trinajstić information content (AvgIpc) is 2.51. The van der Waals surface area contributed by atoms with Crippen LogP contribution in [0.25, 0.3) is 0 Å². The van der Waals surface area contributed by atoms with E-state index in [0.717, 1.165) is 0 Å². The summed E-state index contributed by atoms with van der Waals surface area (Å²) in [5.74, 6) is -1.33. The lowest BCUT2D eigenvalue weighted by molar-refractivity contribution is -0.152. The number of carbonyl (C=O) groups excluding carboxylic acids is 1. The Bertz CT molecular complexity index is 548. The van der Waals surface area contributed by atoms with Gasteiger partial charge in [0.2, 0.25) is 5.91 Å². The third-order valence-electron chi connectivity index (χ3n) is 4.00. The molecule has 24 heavy (non-hydrogen) atoms. The molecule has 0 spiro atoms. The van der Waals surface area contributed by atoms with Gasteiger partial charge in [-0.2, -0.15) is 13.2 Å². The first-order valence-corrected chi connectivity index (χ1v) is 7.75. The first kappa shape index (κ1) is 18.7. The molecular formula is C16H20F4N2O2. The monoisotopic (exact) mass is 348 g/mol. The first-order valence-electron chi connectivity index (χ1n) is 7.75. The van der Waals surface area contributed by atoms with Crippen molar-refractivity contribution in [2.75, 3.05) is 26.2 Å². The number of nitrogens with one attached hydrogen (secondary N) is 1. The van der Waals surface area contributed by atoms with Crippen LogP contribution in [0.4, 0.5) is 17.6 Å². The minimum atomic E-state index is -4.28. The number of hydrogen-bond acceptors (Lipinski definition) is 3. The molecule has 2 unspecified atom stereocenters. The Hall–Kier alpha value is -1.67. The summed E-state index contributed by atoms with van der Waals surface area (Å²) in [6.45, 7) is -0.714. The molecular weight excluding hydrogens is 328 g/mol. The van der Waals surface area contributed by atoms with E-state index in [1.807, 2.05) is 0 Å². The topological polar surface area (TPSA) is 52.6 Å². The predicted molar refractivity (Wildman–Crippen MR) is 79.6 cm³/mol. The summed E-state index contributed by atoms with van der Waals surface area (Å²) in [4.78, 5) is 13.3. The van der Waals surface area contributed by atoms with Crippen LogP contribution in [0.5, 0.6) is 0 Å². The van der Waals surface area contributed by atoms with Gasteiger partial charge in [-0.1, -0.05) is 12.1 Å². The Balaban J connectivity index is 1.82. The molecule has 0 saturated carbocycles. The third-order valence-corrected chi connectivity index (χ3v) is 4.00. The summed E-state index contributed by atoms with van der Waals surface area (Å²) < 4.78 is 50.1. The molecule has 0 aromatic heterocycles. The molecule has 0 bridgehead atoms. The standard InChI is InChI=1S/C16H20F4N2O2/c17-13-5-3-11(4-6-13)14(23)8-21-15(24)12-2-1-7-22(9-12)10-16(18,19)20/h3-6,12,14,23H,1-2,7-10H2,(H,21,24). The van der Waals surface area contributed by atoms with Crippen molar-refractivity contribution in [3.05, 3.63) is 35.6 Å². The highest BCUT2D eigenvalue weighted by molar-refractivity contribution is 5.79. The summed E-state index contributed by atoms with van der Waals surface area (Å²) in [6, 6.07) is 5.24. The van der Waals surface area contributed by atoms with Crippen molar-refractivity contribution in [1.29, 1.82) is 0 Å². The largest absolute Gasteiger partial charge is 0.401 e. The van der Waals surface area contributed by atoms with Crippen LogP contribution < -0.4 is 5.32 Å². The molecule has 1 saturated heterocycles. The zero-order chi connectivity index (χ0) is 17.7. The average molecular weight is 348 g/mol. The van der Waals surface area contributed by atoms with E-state index in [-0.39, 0.29) is 19.0 Å². The Labute approximate surface area is 137 Å². The molecule has 0 aliphatic carbocycles. The minimum Gasteiger partial charge on any atom is -0.387 e. The van der Waals surface area contributed by atoms with Crippen molar-refractivity contribution in [2.24, 2.45) is 5.92 Å². The van der Waals surface area contributed by atoms with Crippen LogP contribution in [-0.4, -0.2) is 48.3 Å². The highest BCUT2D eigenvalue weighted by atomic mass is 19.4. The van der Waals surface area contributed by atoms with Crippen LogP contribution in [0, 0.1) is 11.7 Å². The van der Waals surface area contributed by atoms with Gasteiger partial charge in [0.1, 0.15) is 5.82 Å². The number of aliphatic hydroxyl groups excluding tert-OH is 1. The number of likely N-dealkylation sites (tertiary alicyclic amines) is 1. The quantitative estimate of drug-likeness (QED) is 0.803. The normalized spacial score (nSPS) is 20.6. The summed E-state index contributed by atoms with van der Waals surface area (Å²) >= 11 is 0. The van der Waals surface area contributed by atoms with E-state index in [9.17, 15) is 27.5 Å². The fourth-order valence-corrected chi connectivity index (χ4v) is 2.81. The molecule has 1 aromatic carbocycles. The van der Waals surface area contributed by atoms with Crippen LogP contribution >= 0.6 is 0 Å². The van der Waals surface area contributed by atoms with Crippen LogP contribution in [0.3, 0.4) is 0 Å². The fourth-order valence-electron chi connectivity index (χ4n) is 2.81. The van der Waals surface area contributed by atoms with Crippen molar-refractivity contribution in [3.8, 4) is 0 Å². The van der Waals surface area contributed by atoms with Gasteiger partial charge in [-0.15, -0.1) is 0 Å². The number of nitrogens with zero attached hydrogens (tertiary/aromatic N) is 1. The molecule has 0 radical (unpaired) electrons. The van der Waals surface area contributed by atoms with Crippen molar-refractivity contribution < 1.29 is 27.5 Å². The van der Waals surface area contributed by atoms with E-state index in [1.54, 1.807) is 0 Å².